The highest BCUT2D eigenvalue weighted by Gasteiger charge is 2.63. The van der Waals surface area contributed by atoms with E-state index in [9.17, 15) is 18.3 Å². The molecule has 3 rings (SSSR count). The number of sulfone groups is 1. The number of halogens is 2. The van der Waals surface area contributed by atoms with Crippen LogP contribution in [0.3, 0.4) is 0 Å². The molecule has 0 aliphatic heterocycles. The van der Waals surface area contributed by atoms with Gasteiger partial charge in [-0.05, 0) is 42.0 Å². The number of carbonyl (C=O) groups is 1. The summed E-state index contributed by atoms with van der Waals surface area (Å²) in [6.45, 7) is 0. The summed E-state index contributed by atoms with van der Waals surface area (Å²) >= 11 is 9.09. The molecule has 0 radical (unpaired) electrons. The molecule has 2 aromatic rings. The number of aliphatic carboxylic acids is 1. The van der Waals surface area contributed by atoms with Gasteiger partial charge in [0.25, 0.3) is 0 Å². The Labute approximate surface area is 147 Å². The quantitative estimate of drug-likeness (QED) is 0.825. The molecule has 0 amide bonds. The lowest BCUT2D eigenvalue weighted by Gasteiger charge is -2.04. The Morgan fingerprint density at radius 1 is 1.04 bits per heavy atom. The SMILES string of the molecule is O=C(O)C1C(c2ccc(Br)cc2)C1S(=O)(=O)c1ccc(Cl)cc1. The van der Waals surface area contributed by atoms with Gasteiger partial charge in [-0.3, -0.25) is 4.79 Å². The third-order valence-electron chi connectivity index (χ3n) is 3.99. The lowest BCUT2D eigenvalue weighted by molar-refractivity contribution is -0.138. The van der Waals surface area contributed by atoms with E-state index in [0.29, 0.717) is 10.6 Å². The highest BCUT2D eigenvalue weighted by atomic mass is 79.9. The summed E-state index contributed by atoms with van der Waals surface area (Å²) in [5, 5.41) is 8.84. The number of benzene rings is 2. The maximum Gasteiger partial charge on any atom is 0.308 e. The second-order valence-corrected chi connectivity index (χ2v) is 8.86. The predicted octanol–water partition coefficient (Wildman–Crippen LogP) is 3.74. The first-order valence-electron chi connectivity index (χ1n) is 6.80. The van der Waals surface area contributed by atoms with Gasteiger partial charge in [-0.2, -0.15) is 0 Å². The Balaban J connectivity index is 1.98. The Bertz CT molecular complexity index is 847. The van der Waals surface area contributed by atoms with E-state index < -0.39 is 32.9 Å². The number of carboxylic acid groups (broad SMARTS) is 1. The molecular weight excluding hydrogens is 404 g/mol. The summed E-state index contributed by atoms with van der Waals surface area (Å²) in [5.74, 6) is -2.57. The Morgan fingerprint density at radius 2 is 1.61 bits per heavy atom. The lowest BCUT2D eigenvalue weighted by Crippen LogP contribution is -2.13. The fourth-order valence-corrected chi connectivity index (χ4v) is 5.34. The van der Waals surface area contributed by atoms with Crippen LogP contribution in [0.2, 0.25) is 5.02 Å². The van der Waals surface area contributed by atoms with Crippen LogP contribution in [-0.4, -0.2) is 24.7 Å². The Kier molecular flexibility index (Phi) is 4.25. The van der Waals surface area contributed by atoms with Crippen LogP contribution in [-0.2, 0) is 14.6 Å². The van der Waals surface area contributed by atoms with E-state index in [0.717, 1.165) is 4.47 Å². The maximum atomic E-state index is 12.8. The van der Waals surface area contributed by atoms with E-state index in [1.807, 2.05) is 0 Å². The summed E-state index contributed by atoms with van der Waals surface area (Å²) in [6.07, 6.45) is 0. The minimum Gasteiger partial charge on any atom is -0.481 e. The summed E-state index contributed by atoms with van der Waals surface area (Å²) < 4.78 is 26.4. The minimum absolute atomic E-state index is 0.0951. The third-order valence-corrected chi connectivity index (χ3v) is 7.01. The molecule has 0 aromatic heterocycles. The zero-order chi connectivity index (χ0) is 16.8. The molecule has 0 saturated heterocycles. The standard InChI is InChI=1S/C16H12BrClO4S/c17-10-3-1-9(2-4-10)13-14(16(19)20)15(13)23(21,22)12-7-5-11(18)6-8-12/h1-8,13-15H,(H,19,20). The molecule has 4 nitrogen and oxygen atoms in total. The van der Waals surface area contributed by atoms with Crippen molar-refractivity contribution in [3.63, 3.8) is 0 Å². The van der Waals surface area contributed by atoms with Crippen molar-refractivity contribution in [2.24, 2.45) is 5.92 Å². The van der Waals surface area contributed by atoms with Gasteiger partial charge in [-0.1, -0.05) is 39.7 Å². The molecule has 0 heterocycles. The van der Waals surface area contributed by atoms with E-state index in [1.165, 1.54) is 24.3 Å². The van der Waals surface area contributed by atoms with Crippen molar-refractivity contribution in [3.05, 3.63) is 63.6 Å². The molecule has 23 heavy (non-hydrogen) atoms. The molecule has 3 unspecified atom stereocenters. The fraction of sp³-hybridized carbons (Fsp3) is 0.188. The molecule has 1 fully saturated rings. The third kappa shape index (κ3) is 3.03. The molecule has 1 saturated carbocycles. The van der Waals surface area contributed by atoms with Crippen molar-refractivity contribution in [1.29, 1.82) is 0 Å². The van der Waals surface area contributed by atoms with E-state index in [2.05, 4.69) is 15.9 Å². The summed E-state index contributed by atoms with van der Waals surface area (Å²) in [4.78, 5) is 11.6. The smallest absolute Gasteiger partial charge is 0.308 e. The van der Waals surface area contributed by atoms with Crippen LogP contribution in [0.15, 0.2) is 57.9 Å². The van der Waals surface area contributed by atoms with E-state index >= 15 is 0 Å². The van der Waals surface area contributed by atoms with Crippen molar-refractivity contribution in [1.82, 2.24) is 0 Å². The first-order chi connectivity index (χ1) is 10.8. The number of hydrogen-bond donors (Lipinski definition) is 1. The molecular formula is C16H12BrClO4S. The van der Waals surface area contributed by atoms with Gasteiger partial charge in [-0.15, -0.1) is 0 Å². The second-order valence-electron chi connectivity index (χ2n) is 5.40. The van der Waals surface area contributed by atoms with Crippen LogP contribution in [0.25, 0.3) is 0 Å². The van der Waals surface area contributed by atoms with Crippen LogP contribution in [0, 0.1) is 5.92 Å². The van der Waals surface area contributed by atoms with Crippen molar-refractivity contribution >= 4 is 43.3 Å². The fourth-order valence-electron chi connectivity index (χ4n) is 2.83. The first-order valence-corrected chi connectivity index (χ1v) is 9.52. The highest BCUT2D eigenvalue weighted by molar-refractivity contribution is 9.10. The number of hydrogen-bond acceptors (Lipinski definition) is 3. The van der Waals surface area contributed by atoms with Gasteiger partial charge in [0.15, 0.2) is 9.84 Å². The van der Waals surface area contributed by atoms with Crippen molar-refractivity contribution in [3.8, 4) is 0 Å². The summed E-state index contributed by atoms with van der Waals surface area (Å²) in [7, 11) is -3.74. The molecule has 1 N–H and O–H groups in total. The molecule has 1 aliphatic carbocycles. The van der Waals surface area contributed by atoms with Crippen LogP contribution in [0.4, 0.5) is 0 Å². The number of carboxylic acids is 1. The van der Waals surface area contributed by atoms with Crippen LogP contribution < -0.4 is 0 Å². The molecule has 0 spiro atoms. The van der Waals surface area contributed by atoms with Gasteiger partial charge < -0.3 is 5.11 Å². The summed E-state index contributed by atoms with van der Waals surface area (Å²) in [6, 6.07) is 12.9. The topological polar surface area (TPSA) is 71.4 Å². The zero-order valence-electron chi connectivity index (χ0n) is 11.7. The maximum absolute atomic E-state index is 12.8. The van der Waals surface area contributed by atoms with Crippen LogP contribution in [0.1, 0.15) is 11.5 Å². The van der Waals surface area contributed by atoms with Crippen molar-refractivity contribution < 1.29 is 18.3 Å². The molecule has 0 bridgehead atoms. The lowest BCUT2D eigenvalue weighted by atomic mass is 10.1. The van der Waals surface area contributed by atoms with Crippen LogP contribution in [0.5, 0.6) is 0 Å². The average molecular weight is 416 g/mol. The average Bonchev–Trinajstić information content (AvgIpc) is 3.25. The monoisotopic (exact) mass is 414 g/mol. The van der Waals surface area contributed by atoms with E-state index in [1.54, 1.807) is 24.3 Å². The van der Waals surface area contributed by atoms with E-state index in [4.69, 9.17) is 11.6 Å². The molecule has 2 aromatic carbocycles. The molecule has 1 aliphatic rings. The number of rotatable bonds is 4. The largest absolute Gasteiger partial charge is 0.481 e. The van der Waals surface area contributed by atoms with Crippen LogP contribution >= 0.6 is 27.5 Å². The van der Waals surface area contributed by atoms with Gasteiger partial charge >= 0.3 is 5.97 Å². The van der Waals surface area contributed by atoms with E-state index in [-0.39, 0.29) is 4.90 Å². The summed E-state index contributed by atoms with van der Waals surface area (Å²) in [5.41, 5.74) is 0.711. The van der Waals surface area contributed by atoms with Crippen molar-refractivity contribution in [2.75, 3.05) is 0 Å². The van der Waals surface area contributed by atoms with Gasteiger partial charge in [0.05, 0.1) is 16.1 Å². The first kappa shape index (κ1) is 16.5. The molecule has 3 atom stereocenters. The molecule has 120 valence electrons. The Morgan fingerprint density at radius 3 is 2.13 bits per heavy atom. The predicted molar refractivity (Wildman–Crippen MR) is 90.4 cm³/mol. The zero-order valence-corrected chi connectivity index (χ0v) is 14.8. The highest BCUT2D eigenvalue weighted by Crippen LogP contribution is 2.54. The van der Waals surface area contributed by atoms with Gasteiger partial charge in [-0.25, -0.2) is 8.42 Å². The van der Waals surface area contributed by atoms with Gasteiger partial charge in [0.2, 0.25) is 0 Å². The van der Waals surface area contributed by atoms with Crippen molar-refractivity contribution in [2.45, 2.75) is 16.1 Å². The van der Waals surface area contributed by atoms with Gasteiger partial charge in [0.1, 0.15) is 0 Å². The second kappa shape index (κ2) is 5.92. The normalized spacial score (nSPS) is 23.5. The molecule has 7 heteroatoms. The minimum atomic E-state index is -3.74. The Hall–Kier alpha value is -1.37. The van der Waals surface area contributed by atoms with Gasteiger partial charge in [0, 0.05) is 15.4 Å².